The molecule has 2 rings (SSSR count). The minimum atomic E-state index is -0.552. The van der Waals surface area contributed by atoms with Crippen LogP contribution in [-0.4, -0.2) is 20.9 Å². The predicted molar refractivity (Wildman–Crippen MR) is 108 cm³/mol. The number of aliphatic hydroxyl groups excluding tert-OH is 1. The van der Waals surface area contributed by atoms with Crippen LogP contribution >= 0.6 is 0 Å². The lowest BCUT2D eigenvalue weighted by atomic mass is 9.99. The molecular formula is C23H30O3. The van der Waals surface area contributed by atoms with Gasteiger partial charge in [0.05, 0.1) is 12.2 Å². The van der Waals surface area contributed by atoms with E-state index in [0.29, 0.717) is 5.56 Å². The largest absolute Gasteiger partial charge is 0.508 e. The third-order valence-electron chi connectivity index (χ3n) is 4.48. The summed E-state index contributed by atoms with van der Waals surface area (Å²) in [6.45, 7) is 3.56. The van der Waals surface area contributed by atoms with Gasteiger partial charge in [-0.1, -0.05) is 55.3 Å². The molecule has 0 radical (unpaired) electrons. The molecule has 0 atom stereocenters. The summed E-state index contributed by atoms with van der Waals surface area (Å²) in [6, 6.07) is 13.7. The van der Waals surface area contributed by atoms with E-state index < -0.39 is 5.60 Å². The van der Waals surface area contributed by atoms with Gasteiger partial charge in [-0.05, 0) is 61.9 Å². The van der Waals surface area contributed by atoms with Crippen molar-refractivity contribution in [2.75, 3.05) is 0 Å². The summed E-state index contributed by atoms with van der Waals surface area (Å²) in [5.41, 5.74) is 3.38. The van der Waals surface area contributed by atoms with E-state index in [2.05, 4.69) is 24.3 Å². The van der Waals surface area contributed by atoms with Gasteiger partial charge in [-0.3, -0.25) is 0 Å². The molecule has 0 saturated heterocycles. The monoisotopic (exact) mass is 354 g/mol. The average Bonchev–Trinajstić information content (AvgIpc) is 2.61. The Morgan fingerprint density at radius 1 is 0.885 bits per heavy atom. The maximum Gasteiger partial charge on any atom is 0.121 e. The van der Waals surface area contributed by atoms with E-state index in [-0.39, 0.29) is 12.4 Å². The molecule has 0 spiro atoms. The van der Waals surface area contributed by atoms with Gasteiger partial charge < -0.3 is 15.3 Å². The summed E-state index contributed by atoms with van der Waals surface area (Å²) in [6.07, 6.45) is 9.26. The van der Waals surface area contributed by atoms with Gasteiger partial charge in [0.1, 0.15) is 5.75 Å². The zero-order chi connectivity index (χ0) is 19.0. The van der Waals surface area contributed by atoms with Crippen molar-refractivity contribution < 1.29 is 15.3 Å². The van der Waals surface area contributed by atoms with E-state index in [1.807, 2.05) is 32.1 Å². The van der Waals surface area contributed by atoms with E-state index >= 15 is 0 Å². The highest BCUT2D eigenvalue weighted by Gasteiger charge is 2.10. The van der Waals surface area contributed by atoms with Crippen LogP contribution in [0.4, 0.5) is 0 Å². The van der Waals surface area contributed by atoms with E-state index in [1.165, 1.54) is 5.56 Å². The Hall–Kier alpha value is -2.10. The number of benzene rings is 2. The first-order valence-corrected chi connectivity index (χ1v) is 9.29. The number of phenols is 1. The summed E-state index contributed by atoms with van der Waals surface area (Å²) in [5.74, 6) is 0.122. The number of aliphatic hydroxyl groups is 2. The molecule has 0 amide bonds. The standard InChI is InChI=1S/C23H30O3/c1-23(2,26)15-5-3-4-6-18-7-9-19(10-8-18)11-12-20-13-14-22(25)21(16-20)17-24/h7-14,16,24-26H,3-6,15,17H2,1-2H3. The van der Waals surface area contributed by atoms with Crippen LogP contribution < -0.4 is 0 Å². The van der Waals surface area contributed by atoms with Crippen molar-refractivity contribution in [2.45, 2.75) is 58.2 Å². The van der Waals surface area contributed by atoms with Gasteiger partial charge in [0, 0.05) is 5.56 Å². The molecule has 0 aliphatic rings. The summed E-state index contributed by atoms with van der Waals surface area (Å²) in [4.78, 5) is 0. The number of hydrogen-bond donors (Lipinski definition) is 3. The second-order valence-corrected chi connectivity index (χ2v) is 7.49. The molecule has 3 N–H and O–H groups in total. The van der Waals surface area contributed by atoms with Crippen LogP contribution in [0.1, 0.15) is 61.8 Å². The molecule has 0 aromatic heterocycles. The smallest absolute Gasteiger partial charge is 0.121 e. The molecule has 2 aromatic rings. The minimum Gasteiger partial charge on any atom is -0.508 e. The van der Waals surface area contributed by atoms with Crippen LogP contribution in [0.2, 0.25) is 0 Å². The highest BCUT2D eigenvalue weighted by Crippen LogP contribution is 2.20. The summed E-state index contributed by atoms with van der Waals surface area (Å²) in [7, 11) is 0. The fourth-order valence-corrected chi connectivity index (χ4v) is 2.89. The number of hydrogen-bond acceptors (Lipinski definition) is 3. The van der Waals surface area contributed by atoms with E-state index in [4.69, 9.17) is 0 Å². The molecule has 26 heavy (non-hydrogen) atoms. The fraction of sp³-hybridized carbons (Fsp3) is 0.391. The molecule has 0 bridgehead atoms. The highest BCUT2D eigenvalue weighted by atomic mass is 16.3. The van der Waals surface area contributed by atoms with Crippen molar-refractivity contribution in [3.63, 3.8) is 0 Å². The molecule has 0 saturated carbocycles. The Morgan fingerprint density at radius 2 is 1.54 bits per heavy atom. The molecule has 140 valence electrons. The Balaban J connectivity index is 1.83. The van der Waals surface area contributed by atoms with Gasteiger partial charge in [0.25, 0.3) is 0 Å². The first kappa shape index (κ1) is 20.2. The van der Waals surface area contributed by atoms with Crippen molar-refractivity contribution in [3.05, 3.63) is 64.7 Å². The van der Waals surface area contributed by atoms with Crippen LogP contribution in [0, 0.1) is 0 Å². The lowest BCUT2D eigenvalue weighted by Gasteiger charge is -2.16. The summed E-state index contributed by atoms with van der Waals surface area (Å²) < 4.78 is 0. The predicted octanol–water partition coefficient (Wildman–Crippen LogP) is 4.93. The number of aromatic hydroxyl groups is 1. The lowest BCUT2D eigenvalue weighted by molar-refractivity contribution is 0.0681. The van der Waals surface area contributed by atoms with Crippen LogP contribution in [0.3, 0.4) is 0 Å². The maximum atomic E-state index is 9.71. The maximum absolute atomic E-state index is 9.71. The van der Waals surface area contributed by atoms with Crippen molar-refractivity contribution in [3.8, 4) is 5.75 Å². The molecule has 0 aliphatic heterocycles. The molecule has 3 nitrogen and oxygen atoms in total. The summed E-state index contributed by atoms with van der Waals surface area (Å²) >= 11 is 0. The summed E-state index contributed by atoms with van der Waals surface area (Å²) in [5, 5.41) is 28.5. The Morgan fingerprint density at radius 3 is 2.19 bits per heavy atom. The Kier molecular flexibility index (Phi) is 7.43. The molecule has 0 fully saturated rings. The van der Waals surface area contributed by atoms with Crippen LogP contribution in [-0.2, 0) is 13.0 Å². The normalized spacial score (nSPS) is 12.0. The molecule has 3 heteroatoms. The van der Waals surface area contributed by atoms with Crippen molar-refractivity contribution in [1.82, 2.24) is 0 Å². The quantitative estimate of drug-likeness (QED) is 0.442. The molecular weight excluding hydrogens is 324 g/mol. The molecule has 2 aromatic carbocycles. The van der Waals surface area contributed by atoms with Crippen molar-refractivity contribution >= 4 is 12.2 Å². The number of aryl methyl sites for hydroxylation is 1. The first-order chi connectivity index (χ1) is 12.4. The van der Waals surface area contributed by atoms with Gasteiger partial charge in [0.15, 0.2) is 0 Å². The lowest BCUT2D eigenvalue weighted by Crippen LogP contribution is -2.17. The SMILES string of the molecule is CC(C)(O)CCCCCc1ccc(C=Cc2ccc(O)c(CO)c2)cc1. The third-order valence-corrected chi connectivity index (χ3v) is 4.48. The zero-order valence-corrected chi connectivity index (χ0v) is 15.8. The molecule has 0 heterocycles. The van der Waals surface area contributed by atoms with Gasteiger partial charge in [-0.2, -0.15) is 0 Å². The van der Waals surface area contributed by atoms with Crippen LogP contribution in [0.15, 0.2) is 42.5 Å². The first-order valence-electron chi connectivity index (χ1n) is 9.29. The van der Waals surface area contributed by atoms with E-state index in [0.717, 1.165) is 43.2 Å². The van der Waals surface area contributed by atoms with Gasteiger partial charge in [-0.25, -0.2) is 0 Å². The van der Waals surface area contributed by atoms with Crippen LogP contribution in [0.25, 0.3) is 12.2 Å². The number of rotatable bonds is 9. The number of unbranched alkanes of at least 4 members (excludes halogenated alkanes) is 2. The van der Waals surface area contributed by atoms with Gasteiger partial charge >= 0.3 is 0 Å². The highest BCUT2D eigenvalue weighted by molar-refractivity contribution is 5.70. The molecule has 0 unspecified atom stereocenters. The van der Waals surface area contributed by atoms with E-state index in [9.17, 15) is 15.3 Å². The third kappa shape index (κ3) is 7.03. The Bertz CT molecular complexity index is 709. The Labute approximate surface area is 156 Å². The molecule has 0 aliphatic carbocycles. The minimum absolute atomic E-state index is 0.122. The van der Waals surface area contributed by atoms with Gasteiger partial charge in [-0.15, -0.1) is 0 Å². The topological polar surface area (TPSA) is 60.7 Å². The second kappa shape index (κ2) is 9.56. The van der Waals surface area contributed by atoms with Crippen molar-refractivity contribution in [1.29, 1.82) is 0 Å². The van der Waals surface area contributed by atoms with Gasteiger partial charge in [0.2, 0.25) is 0 Å². The fourth-order valence-electron chi connectivity index (χ4n) is 2.89. The zero-order valence-electron chi connectivity index (χ0n) is 15.8. The van der Waals surface area contributed by atoms with Crippen molar-refractivity contribution in [2.24, 2.45) is 0 Å². The van der Waals surface area contributed by atoms with E-state index in [1.54, 1.807) is 12.1 Å². The van der Waals surface area contributed by atoms with Crippen LogP contribution in [0.5, 0.6) is 5.75 Å². The second-order valence-electron chi connectivity index (χ2n) is 7.49. The average molecular weight is 354 g/mol.